The number of hydrogen-bond donors (Lipinski definition) is 0. The first-order chi connectivity index (χ1) is 8.01. The number of hydrogen-bond acceptors (Lipinski definition) is 1. The summed E-state index contributed by atoms with van der Waals surface area (Å²) in [4.78, 5) is 4.69. The van der Waals surface area contributed by atoms with Crippen LogP contribution in [0, 0.1) is 6.92 Å². The molecule has 1 fully saturated rings. The summed E-state index contributed by atoms with van der Waals surface area (Å²) in [7, 11) is 0. The molecule has 0 aliphatic heterocycles. The second-order valence-electron chi connectivity index (χ2n) is 5.41. The van der Waals surface area contributed by atoms with E-state index in [0.717, 1.165) is 11.3 Å². The second kappa shape index (κ2) is 3.49. The number of fused-ring (bicyclic) bond motifs is 1. The Labute approximate surface area is 107 Å². The average Bonchev–Trinajstić information content (AvgIpc) is 2.88. The lowest BCUT2D eigenvalue weighted by Gasteiger charge is -2.17. The fourth-order valence-corrected chi connectivity index (χ4v) is 2.59. The number of rotatable bonds is 2. The van der Waals surface area contributed by atoms with Crippen LogP contribution in [-0.4, -0.2) is 9.55 Å². The van der Waals surface area contributed by atoms with E-state index in [1.54, 1.807) is 0 Å². The SMILES string of the molecule is Cc1ccc2nc(C(C)Cl)n(C3(C)CC3)c2c1. The van der Waals surface area contributed by atoms with Crippen LogP contribution in [0.2, 0.25) is 0 Å². The highest BCUT2D eigenvalue weighted by Gasteiger charge is 2.42. The zero-order valence-corrected chi connectivity index (χ0v) is 11.3. The molecule has 1 aromatic carbocycles. The van der Waals surface area contributed by atoms with E-state index in [1.165, 1.54) is 23.9 Å². The lowest BCUT2D eigenvalue weighted by atomic mass is 10.2. The topological polar surface area (TPSA) is 17.8 Å². The Bertz CT molecular complexity index is 579. The van der Waals surface area contributed by atoms with Gasteiger partial charge in [-0.15, -0.1) is 11.6 Å². The van der Waals surface area contributed by atoms with E-state index in [2.05, 4.69) is 36.6 Å². The summed E-state index contributed by atoms with van der Waals surface area (Å²) in [5, 5.41) is -0.0415. The molecule has 0 bridgehead atoms. The van der Waals surface area contributed by atoms with Crippen LogP contribution in [0.3, 0.4) is 0 Å². The van der Waals surface area contributed by atoms with E-state index in [9.17, 15) is 0 Å². The number of benzene rings is 1. The molecule has 0 saturated heterocycles. The van der Waals surface area contributed by atoms with Crippen LogP contribution in [0.1, 0.15) is 43.5 Å². The highest BCUT2D eigenvalue weighted by molar-refractivity contribution is 6.20. The van der Waals surface area contributed by atoms with Gasteiger partial charge in [0.25, 0.3) is 0 Å². The molecule has 2 aromatic rings. The lowest BCUT2D eigenvalue weighted by Crippen LogP contribution is -2.16. The van der Waals surface area contributed by atoms with E-state index < -0.39 is 0 Å². The van der Waals surface area contributed by atoms with Crippen LogP contribution in [0.5, 0.6) is 0 Å². The molecule has 1 aliphatic carbocycles. The maximum Gasteiger partial charge on any atom is 0.128 e. The molecule has 17 heavy (non-hydrogen) atoms. The van der Waals surface area contributed by atoms with Crippen LogP contribution < -0.4 is 0 Å². The average molecular weight is 249 g/mol. The van der Waals surface area contributed by atoms with Crippen molar-refractivity contribution in [3.8, 4) is 0 Å². The third-order valence-electron chi connectivity index (χ3n) is 3.71. The Morgan fingerprint density at radius 1 is 1.41 bits per heavy atom. The summed E-state index contributed by atoms with van der Waals surface area (Å²) in [6.07, 6.45) is 2.45. The van der Waals surface area contributed by atoms with E-state index in [1.807, 2.05) is 6.92 Å². The number of aryl methyl sites for hydroxylation is 1. The number of alkyl halides is 1. The second-order valence-corrected chi connectivity index (χ2v) is 6.07. The van der Waals surface area contributed by atoms with E-state index in [-0.39, 0.29) is 10.9 Å². The van der Waals surface area contributed by atoms with E-state index in [4.69, 9.17) is 16.6 Å². The number of imidazole rings is 1. The number of aromatic nitrogens is 2. The molecule has 1 saturated carbocycles. The van der Waals surface area contributed by atoms with Gasteiger partial charge in [-0.2, -0.15) is 0 Å². The standard InChI is InChI=1S/C14H17ClN2/c1-9-4-5-11-12(8-9)17(14(3)6-7-14)13(16-11)10(2)15/h4-5,8,10H,6-7H2,1-3H3. The normalized spacial score (nSPS) is 19.5. The maximum atomic E-state index is 6.27. The summed E-state index contributed by atoms with van der Waals surface area (Å²) < 4.78 is 2.35. The van der Waals surface area contributed by atoms with Gasteiger partial charge in [0.15, 0.2) is 0 Å². The molecule has 3 heteroatoms. The van der Waals surface area contributed by atoms with Gasteiger partial charge in [-0.1, -0.05) is 6.07 Å². The van der Waals surface area contributed by atoms with Gasteiger partial charge in [-0.05, 0) is 51.3 Å². The van der Waals surface area contributed by atoms with Crippen molar-refractivity contribution in [3.63, 3.8) is 0 Å². The smallest absolute Gasteiger partial charge is 0.128 e. The monoisotopic (exact) mass is 248 g/mol. The van der Waals surface area contributed by atoms with Gasteiger partial charge in [0, 0.05) is 5.54 Å². The quantitative estimate of drug-likeness (QED) is 0.730. The molecule has 0 spiro atoms. The minimum absolute atomic E-state index is 0.0415. The van der Waals surface area contributed by atoms with Gasteiger partial charge in [0.1, 0.15) is 5.82 Å². The fourth-order valence-electron chi connectivity index (χ4n) is 2.44. The third-order valence-corrected chi connectivity index (χ3v) is 3.90. The number of nitrogens with zero attached hydrogens (tertiary/aromatic N) is 2. The Hall–Kier alpha value is -1.02. The van der Waals surface area contributed by atoms with Crippen molar-refractivity contribution < 1.29 is 0 Å². The molecule has 0 radical (unpaired) electrons. The summed E-state index contributed by atoms with van der Waals surface area (Å²) in [5.41, 5.74) is 3.80. The largest absolute Gasteiger partial charge is 0.321 e. The predicted molar refractivity (Wildman–Crippen MR) is 71.6 cm³/mol. The molecule has 1 atom stereocenters. The first kappa shape index (κ1) is 11.1. The van der Waals surface area contributed by atoms with Gasteiger partial charge >= 0.3 is 0 Å². The molecular weight excluding hydrogens is 232 g/mol. The summed E-state index contributed by atoms with van der Waals surface area (Å²) in [5.74, 6) is 1.01. The minimum atomic E-state index is -0.0415. The molecule has 1 heterocycles. The Morgan fingerprint density at radius 3 is 2.71 bits per heavy atom. The summed E-state index contributed by atoms with van der Waals surface area (Å²) >= 11 is 6.27. The van der Waals surface area contributed by atoms with Crippen LogP contribution >= 0.6 is 11.6 Å². The van der Waals surface area contributed by atoms with Crippen molar-refractivity contribution >= 4 is 22.6 Å². The molecule has 2 nitrogen and oxygen atoms in total. The van der Waals surface area contributed by atoms with Crippen molar-refractivity contribution in [1.29, 1.82) is 0 Å². The maximum absolute atomic E-state index is 6.27. The highest BCUT2D eigenvalue weighted by atomic mass is 35.5. The zero-order chi connectivity index (χ0) is 12.2. The first-order valence-corrected chi connectivity index (χ1v) is 6.58. The number of halogens is 1. The first-order valence-electron chi connectivity index (χ1n) is 6.15. The Morgan fingerprint density at radius 2 is 2.12 bits per heavy atom. The van der Waals surface area contributed by atoms with Gasteiger partial charge in [-0.3, -0.25) is 0 Å². The van der Waals surface area contributed by atoms with E-state index in [0.29, 0.717) is 0 Å². The Kier molecular flexibility index (Phi) is 2.27. The van der Waals surface area contributed by atoms with E-state index >= 15 is 0 Å². The molecule has 1 aromatic heterocycles. The molecule has 3 rings (SSSR count). The lowest BCUT2D eigenvalue weighted by molar-refractivity contribution is 0.522. The molecule has 0 amide bonds. The van der Waals surface area contributed by atoms with Gasteiger partial charge in [-0.25, -0.2) is 4.98 Å². The summed E-state index contributed by atoms with van der Waals surface area (Å²) in [6, 6.07) is 6.42. The van der Waals surface area contributed by atoms with Crippen molar-refractivity contribution in [3.05, 3.63) is 29.6 Å². The van der Waals surface area contributed by atoms with Crippen molar-refractivity contribution in [2.45, 2.75) is 44.5 Å². The molecule has 1 unspecified atom stereocenters. The van der Waals surface area contributed by atoms with Crippen molar-refractivity contribution in [2.75, 3.05) is 0 Å². The predicted octanol–water partition coefficient (Wildman–Crippen LogP) is 4.15. The fraction of sp³-hybridized carbons (Fsp3) is 0.500. The summed E-state index contributed by atoms with van der Waals surface area (Å²) in [6.45, 7) is 6.41. The zero-order valence-electron chi connectivity index (χ0n) is 10.5. The highest BCUT2D eigenvalue weighted by Crippen LogP contribution is 2.46. The van der Waals surface area contributed by atoms with Crippen LogP contribution in [0.4, 0.5) is 0 Å². The Balaban J connectivity index is 2.33. The molecule has 0 N–H and O–H groups in total. The van der Waals surface area contributed by atoms with Crippen LogP contribution in [-0.2, 0) is 5.54 Å². The molecule has 90 valence electrons. The van der Waals surface area contributed by atoms with Crippen molar-refractivity contribution in [2.24, 2.45) is 0 Å². The minimum Gasteiger partial charge on any atom is -0.321 e. The van der Waals surface area contributed by atoms with Crippen LogP contribution in [0.15, 0.2) is 18.2 Å². The third kappa shape index (κ3) is 1.66. The molecule has 1 aliphatic rings. The van der Waals surface area contributed by atoms with Crippen LogP contribution in [0.25, 0.3) is 11.0 Å². The van der Waals surface area contributed by atoms with Gasteiger partial charge in [0.2, 0.25) is 0 Å². The van der Waals surface area contributed by atoms with Gasteiger partial charge < -0.3 is 4.57 Å². The molecular formula is C14H17ClN2. The van der Waals surface area contributed by atoms with Gasteiger partial charge in [0.05, 0.1) is 16.4 Å². The van der Waals surface area contributed by atoms with Crippen molar-refractivity contribution in [1.82, 2.24) is 9.55 Å².